The van der Waals surface area contributed by atoms with Gasteiger partial charge in [0.05, 0.1) is 26.1 Å². The van der Waals surface area contributed by atoms with Crippen molar-refractivity contribution in [2.45, 2.75) is 19.3 Å². The molecule has 2 aromatic rings. The summed E-state index contributed by atoms with van der Waals surface area (Å²) >= 11 is 2.85. The van der Waals surface area contributed by atoms with E-state index in [1.54, 1.807) is 33.7 Å². The quantitative estimate of drug-likeness (QED) is 0.388. The fourth-order valence-corrected chi connectivity index (χ4v) is 3.39. The summed E-state index contributed by atoms with van der Waals surface area (Å²) in [5.41, 5.74) is 1.13. The number of carbonyl (C=O) groups is 4. The summed E-state index contributed by atoms with van der Waals surface area (Å²) in [6, 6.07) is 3.41. The molecular weight excluding hydrogens is 416 g/mol. The van der Waals surface area contributed by atoms with Gasteiger partial charge in [0.25, 0.3) is 11.8 Å². The molecule has 8 nitrogen and oxygen atoms in total. The maximum Gasteiger partial charge on any atom is 0.307 e. The molecule has 2 rings (SSSR count). The van der Waals surface area contributed by atoms with Gasteiger partial charge in [0, 0.05) is 41.4 Å². The Balaban J connectivity index is 1.43. The van der Waals surface area contributed by atoms with Gasteiger partial charge >= 0.3 is 11.9 Å². The van der Waals surface area contributed by atoms with Crippen molar-refractivity contribution in [3.05, 3.63) is 44.8 Å². The van der Waals surface area contributed by atoms with Crippen molar-refractivity contribution in [3.8, 4) is 0 Å². The highest BCUT2D eigenvalue weighted by atomic mass is 32.1. The average Bonchev–Trinajstić information content (AvgIpc) is 3.41. The fourth-order valence-electron chi connectivity index (χ4n) is 2.12. The van der Waals surface area contributed by atoms with Crippen molar-refractivity contribution >= 4 is 46.4 Å². The zero-order chi connectivity index (χ0) is 20.9. The Hall–Kier alpha value is -2.72. The summed E-state index contributed by atoms with van der Waals surface area (Å²) in [6.07, 6.45) is 0.513. The molecule has 0 unspecified atom stereocenters. The van der Waals surface area contributed by atoms with E-state index in [1.165, 1.54) is 22.7 Å². The normalized spacial score (nSPS) is 10.2. The lowest BCUT2D eigenvalue weighted by Crippen LogP contribution is -2.26. The molecule has 2 amide bonds. The SMILES string of the molecule is O=C(CCNC(=O)c1ccsc1)OCCCOC(=O)CCNC(=O)c1ccsc1. The van der Waals surface area contributed by atoms with Gasteiger partial charge in [-0.15, -0.1) is 0 Å². The van der Waals surface area contributed by atoms with Gasteiger partial charge in [-0.3, -0.25) is 19.2 Å². The van der Waals surface area contributed by atoms with E-state index in [0.717, 1.165) is 0 Å². The minimum absolute atomic E-state index is 0.0689. The first-order valence-corrected chi connectivity index (χ1v) is 10.9. The van der Waals surface area contributed by atoms with E-state index in [2.05, 4.69) is 10.6 Å². The highest BCUT2D eigenvalue weighted by Gasteiger charge is 2.09. The Morgan fingerprint density at radius 1 is 0.759 bits per heavy atom. The topological polar surface area (TPSA) is 111 Å². The number of hydrogen-bond donors (Lipinski definition) is 2. The molecule has 2 N–H and O–H groups in total. The summed E-state index contributed by atoms with van der Waals surface area (Å²) in [5, 5.41) is 12.3. The number of nitrogens with one attached hydrogen (secondary N) is 2. The van der Waals surface area contributed by atoms with Gasteiger partial charge in [0.1, 0.15) is 0 Å². The molecule has 0 bridgehead atoms. The minimum Gasteiger partial charge on any atom is -0.465 e. The Bertz CT molecular complexity index is 723. The molecule has 0 aromatic carbocycles. The second-order valence-corrected chi connectivity index (χ2v) is 7.39. The highest BCUT2D eigenvalue weighted by molar-refractivity contribution is 7.08. The largest absolute Gasteiger partial charge is 0.465 e. The highest BCUT2D eigenvalue weighted by Crippen LogP contribution is 2.06. The van der Waals surface area contributed by atoms with Crippen LogP contribution in [0, 0.1) is 0 Å². The molecule has 10 heteroatoms. The third-order valence-electron chi connectivity index (χ3n) is 3.61. The van der Waals surface area contributed by atoms with Gasteiger partial charge in [0.2, 0.25) is 0 Å². The molecule has 0 saturated carbocycles. The number of ether oxygens (including phenoxy) is 2. The van der Waals surface area contributed by atoms with Crippen molar-refractivity contribution in [3.63, 3.8) is 0 Å². The van der Waals surface area contributed by atoms with Crippen LogP contribution in [-0.4, -0.2) is 50.1 Å². The summed E-state index contributed by atoms with van der Waals surface area (Å²) in [4.78, 5) is 46.6. The van der Waals surface area contributed by atoms with Crippen molar-refractivity contribution in [1.29, 1.82) is 0 Å². The van der Waals surface area contributed by atoms with Crippen molar-refractivity contribution in [1.82, 2.24) is 10.6 Å². The number of carbonyl (C=O) groups excluding carboxylic acids is 4. The maximum absolute atomic E-state index is 11.7. The third-order valence-corrected chi connectivity index (χ3v) is 4.98. The van der Waals surface area contributed by atoms with Gasteiger partial charge in [0.15, 0.2) is 0 Å². The summed E-state index contributed by atoms with van der Waals surface area (Å²) < 4.78 is 10.0. The fraction of sp³-hybridized carbons (Fsp3) is 0.368. The standard InChI is InChI=1S/C19H22N2O6S2/c22-16(2-6-20-18(24)14-4-10-28-12-14)26-8-1-9-27-17(23)3-7-21-19(25)15-5-11-29-13-15/h4-5,10-13H,1-3,6-9H2,(H,20,24)(H,21,25). The van der Waals surface area contributed by atoms with E-state index in [9.17, 15) is 19.2 Å². The molecule has 0 aliphatic heterocycles. The number of hydrogen-bond acceptors (Lipinski definition) is 8. The smallest absolute Gasteiger partial charge is 0.307 e. The van der Waals surface area contributed by atoms with Crippen LogP contribution >= 0.6 is 22.7 Å². The lowest BCUT2D eigenvalue weighted by molar-refractivity contribution is -0.145. The van der Waals surface area contributed by atoms with E-state index in [1.807, 2.05) is 0 Å². The molecule has 29 heavy (non-hydrogen) atoms. The molecule has 2 heterocycles. The molecular formula is C19H22N2O6S2. The number of amides is 2. The van der Waals surface area contributed by atoms with Crippen molar-refractivity contribution < 1.29 is 28.7 Å². The van der Waals surface area contributed by atoms with Crippen molar-refractivity contribution in [2.75, 3.05) is 26.3 Å². The van der Waals surface area contributed by atoms with Crippen LogP contribution < -0.4 is 10.6 Å². The molecule has 0 radical (unpaired) electrons. The number of rotatable bonds is 12. The molecule has 0 saturated heterocycles. The average molecular weight is 439 g/mol. The molecule has 0 aliphatic carbocycles. The van der Waals surface area contributed by atoms with Crippen molar-refractivity contribution in [2.24, 2.45) is 0 Å². The van der Waals surface area contributed by atoms with Crippen LogP contribution in [0.25, 0.3) is 0 Å². The molecule has 0 spiro atoms. The summed E-state index contributed by atoms with van der Waals surface area (Å²) in [7, 11) is 0. The summed E-state index contributed by atoms with van der Waals surface area (Å²) in [5.74, 6) is -1.31. The Labute approximate surface area is 176 Å². The Morgan fingerprint density at radius 3 is 1.59 bits per heavy atom. The molecule has 2 aromatic heterocycles. The van der Waals surface area contributed by atoms with Gasteiger partial charge in [-0.2, -0.15) is 22.7 Å². The van der Waals surface area contributed by atoms with Gasteiger partial charge in [-0.1, -0.05) is 0 Å². The van der Waals surface area contributed by atoms with Gasteiger partial charge < -0.3 is 20.1 Å². The number of thiophene rings is 2. The van der Waals surface area contributed by atoms with Crippen LogP contribution in [0.3, 0.4) is 0 Å². The molecule has 0 aliphatic rings. The maximum atomic E-state index is 11.7. The first-order valence-electron chi connectivity index (χ1n) is 8.98. The summed E-state index contributed by atoms with van der Waals surface area (Å²) in [6.45, 7) is 0.637. The van der Waals surface area contributed by atoms with Crippen LogP contribution in [-0.2, 0) is 19.1 Å². The number of esters is 2. The molecule has 0 fully saturated rings. The van der Waals surface area contributed by atoms with E-state index >= 15 is 0 Å². The molecule has 0 atom stereocenters. The first kappa shape index (κ1) is 22.6. The second-order valence-electron chi connectivity index (χ2n) is 5.83. The van der Waals surface area contributed by atoms with Crippen LogP contribution in [0.5, 0.6) is 0 Å². The Kier molecular flexibility index (Phi) is 9.87. The lowest BCUT2D eigenvalue weighted by Gasteiger charge is -2.07. The van der Waals surface area contributed by atoms with Crippen LogP contribution in [0.1, 0.15) is 40.0 Å². The van der Waals surface area contributed by atoms with E-state index < -0.39 is 11.9 Å². The van der Waals surface area contributed by atoms with E-state index in [0.29, 0.717) is 17.5 Å². The zero-order valence-electron chi connectivity index (χ0n) is 15.7. The monoisotopic (exact) mass is 438 g/mol. The molecule has 156 valence electrons. The zero-order valence-corrected chi connectivity index (χ0v) is 17.3. The minimum atomic E-state index is -0.432. The lowest BCUT2D eigenvalue weighted by atomic mass is 10.3. The van der Waals surface area contributed by atoms with Crippen LogP contribution in [0.15, 0.2) is 33.7 Å². The Morgan fingerprint density at radius 2 is 1.21 bits per heavy atom. The predicted molar refractivity (Wildman–Crippen MR) is 109 cm³/mol. The van der Waals surface area contributed by atoms with Crippen LogP contribution in [0.4, 0.5) is 0 Å². The second kappa shape index (κ2) is 12.7. The third kappa shape index (κ3) is 8.88. The van der Waals surface area contributed by atoms with E-state index in [-0.39, 0.29) is 51.0 Å². The van der Waals surface area contributed by atoms with Gasteiger partial charge in [-0.05, 0) is 22.9 Å². The predicted octanol–water partition coefficient (Wildman–Crippen LogP) is 2.23. The first-order chi connectivity index (χ1) is 14.1. The van der Waals surface area contributed by atoms with Crippen LogP contribution in [0.2, 0.25) is 0 Å². The van der Waals surface area contributed by atoms with Gasteiger partial charge in [-0.25, -0.2) is 0 Å². The van der Waals surface area contributed by atoms with E-state index in [4.69, 9.17) is 9.47 Å².